The van der Waals surface area contributed by atoms with Crippen LogP contribution in [0.3, 0.4) is 0 Å². The van der Waals surface area contributed by atoms with Crippen molar-refractivity contribution >= 4 is 29.0 Å². The third kappa shape index (κ3) is 3.46. The van der Waals surface area contributed by atoms with Crippen LogP contribution in [0.5, 0.6) is 0 Å². The van der Waals surface area contributed by atoms with E-state index in [0.29, 0.717) is 24.1 Å². The van der Waals surface area contributed by atoms with Gasteiger partial charge in [0.15, 0.2) is 0 Å². The van der Waals surface area contributed by atoms with E-state index in [1.807, 2.05) is 6.07 Å². The summed E-state index contributed by atoms with van der Waals surface area (Å²) in [5.41, 5.74) is 1.64. The summed E-state index contributed by atoms with van der Waals surface area (Å²) < 4.78 is 14.0. The van der Waals surface area contributed by atoms with E-state index in [1.54, 1.807) is 12.3 Å². The monoisotopic (exact) mass is 367 g/mol. The van der Waals surface area contributed by atoms with E-state index in [1.165, 1.54) is 12.1 Å². The number of fused-ring (bicyclic) bond motifs is 1. The molecule has 6 heteroatoms. The van der Waals surface area contributed by atoms with Crippen LogP contribution in [0.25, 0.3) is 0 Å². The number of aromatic nitrogens is 1. The quantitative estimate of drug-likeness (QED) is 0.855. The van der Waals surface area contributed by atoms with E-state index in [-0.39, 0.29) is 34.6 Å². The summed E-state index contributed by atoms with van der Waals surface area (Å²) in [4.78, 5) is 16.8. The molecule has 1 aromatic carbocycles. The number of aliphatic hydroxyl groups is 1. The normalized spacial score (nSPS) is 19.8. The van der Waals surface area contributed by atoms with Gasteiger partial charge in [-0.05, 0) is 43.0 Å². The molecule has 0 saturated carbocycles. The Bertz CT molecular complexity index is 758. The van der Waals surface area contributed by atoms with Crippen LogP contribution >= 0.6 is 23.2 Å². The minimum absolute atomic E-state index is 0.00145. The molecule has 1 N–H and O–H groups in total. The SMILES string of the molecule is O=C(CCc1c(F)cc(Cl)cc1Cl)[C@@H]1CC[C@H](O)c2ncccc21. The molecule has 3 rings (SSSR count). The molecule has 1 aliphatic carbocycles. The maximum absolute atomic E-state index is 14.0. The third-order valence-electron chi connectivity index (χ3n) is 4.41. The standard InChI is InChI=1S/C18H16Cl2FNO2/c19-10-8-14(20)13(15(21)9-10)4-5-16(23)11-3-6-17(24)18-12(11)2-1-7-22-18/h1-2,7-9,11,17,24H,3-6H2/t11-,17+/m1/s1. The second kappa shape index (κ2) is 7.18. The molecule has 0 unspecified atom stereocenters. The number of aliphatic hydroxyl groups excluding tert-OH is 1. The first-order valence-electron chi connectivity index (χ1n) is 7.76. The molecule has 2 atom stereocenters. The predicted octanol–water partition coefficient (Wildman–Crippen LogP) is 4.64. The van der Waals surface area contributed by atoms with Gasteiger partial charge in [-0.15, -0.1) is 0 Å². The summed E-state index contributed by atoms with van der Waals surface area (Å²) >= 11 is 11.8. The zero-order valence-electron chi connectivity index (χ0n) is 12.8. The van der Waals surface area contributed by atoms with Crippen LogP contribution in [-0.2, 0) is 11.2 Å². The van der Waals surface area contributed by atoms with Crippen LogP contribution < -0.4 is 0 Å². The fourth-order valence-electron chi connectivity index (χ4n) is 3.19. The van der Waals surface area contributed by atoms with Gasteiger partial charge in [0.1, 0.15) is 11.6 Å². The third-order valence-corrected chi connectivity index (χ3v) is 4.96. The Balaban J connectivity index is 1.76. The van der Waals surface area contributed by atoms with Gasteiger partial charge >= 0.3 is 0 Å². The maximum Gasteiger partial charge on any atom is 0.140 e. The van der Waals surface area contributed by atoms with Crippen molar-refractivity contribution in [1.29, 1.82) is 0 Å². The molecule has 1 aromatic heterocycles. The zero-order valence-corrected chi connectivity index (χ0v) is 14.3. The van der Waals surface area contributed by atoms with Crippen molar-refractivity contribution in [2.45, 2.75) is 37.7 Å². The largest absolute Gasteiger partial charge is 0.387 e. The fraction of sp³-hybridized carbons (Fsp3) is 0.333. The number of carbonyl (C=O) groups is 1. The zero-order chi connectivity index (χ0) is 17.3. The van der Waals surface area contributed by atoms with Crippen LogP contribution in [0.1, 0.15) is 48.1 Å². The average Bonchev–Trinajstić information content (AvgIpc) is 2.54. The van der Waals surface area contributed by atoms with Gasteiger partial charge in [-0.1, -0.05) is 29.3 Å². The van der Waals surface area contributed by atoms with Crippen LogP contribution in [0.2, 0.25) is 10.0 Å². The summed E-state index contributed by atoms with van der Waals surface area (Å²) in [5.74, 6) is -0.811. The molecule has 0 amide bonds. The number of Topliss-reactive ketones (excluding diaryl/α,β-unsaturated/α-hetero) is 1. The number of pyridine rings is 1. The molecule has 126 valence electrons. The highest BCUT2D eigenvalue weighted by Crippen LogP contribution is 2.37. The fourth-order valence-corrected chi connectivity index (χ4v) is 3.75. The predicted molar refractivity (Wildman–Crippen MR) is 90.9 cm³/mol. The van der Waals surface area contributed by atoms with E-state index in [2.05, 4.69) is 4.98 Å². The Morgan fingerprint density at radius 2 is 2.12 bits per heavy atom. The van der Waals surface area contributed by atoms with Crippen molar-refractivity contribution < 1.29 is 14.3 Å². The molecule has 2 aromatic rings. The molecule has 0 saturated heterocycles. The number of hydrogen-bond acceptors (Lipinski definition) is 3. The Morgan fingerprint density at radius 3 is 2.88 bits per heavy atom. The van der Waals surface area contributed by atoms with Crippen molar-refractivity contribution in [3.8, 4) is 0 Å². The first-order chi connectivity index (χ1) is 11.5. The number of halogens is 3. The minimum Gasteiger partial charge on any atom is -0.387 e. The lowest BCUT2D eigenvalue weighted by atomic mass is 9.80. The second-order valence-electron chi connectivity index (χ2n) is 5.94. The molecule has 0 spiro atoms. The highest BCUT2D eigenvalue weighted by Gasteiger charge is 2.31. The minimum atomic E-state index is -0.631. The number of benzene rings is 1. The summed E-state index contributed by atoms with van der Waals surface area (Å²) in [7, 11) is 0. The lowest BCUT2D eigenvalue weighted by Crippen LogP contribution is -2.22. The second-order valence-corrected chi connectivity index (χ2v) is 6.78. The smallest absolute Gasteiger partial charge is 0.140 e. The summed E-state index contributed by atoms with van der Waals surface area (Å²) in [5, 5.41) is 10.5. The summed E-state index contributed by atoms with van der Waals surface area (Å²) in [6.45, 7) is 0. The van der Waals surface area contributed by atoms with Gasteiger partial charge in [-0.3, -0.25) is 9.78 Å². The van der Waals surface area contributed by atoms with E-state index >= 15 is 0 Å². The van der Waals surface area contributed by atoms with Crippen molar-refractivity contribution in [1.82, 2.24) is 4.98 Å². The van der Waals surface area contributed by atoms with Gasteiger partial charge < -0.3 is 5.11 Å². The molecule has 0 bridgehead atoms. The van der Waals surface area contributed by atoms with Gasteiger partial charge in [0.05, 0.1) is 11.8 Å². The molecular formula is C18H16Cl2FNO2. The number of carbonyl (C=O) groups excluding carboxylic acids is 1. The molecule has 0 radical (unpaired) electrons. The van der Waals surface area contributed by atoms with Gasteiger partial charge in [-0.25, -0.2) is 4.39 Å². The molecule has 0 fully saturated rings. The summed E-state index contributed by atoms with van der Waals surface area (Å²) in [6.07, 6.45) is 2.43. The van der Waals surface area contributed by atoms with E-state index < -0.39 is 11.9 Å². The number of rotatable bonds is 4. The van der Waals surface area contributed by atoms with Gasteiger partial charge in [0.2, 0.25) is 0 Å². The lowest BCUT2D eigenvalue weighted by molar-refractivity contribution is -0.121. The van der Waals surface area contributed by atoms with Gasteiger partial charge in [0, 0.05) is 34.1 Å². The van der Waals surface area contributed by atoms with Crippen LogP contribution in [0.4, 0.5) is 4.39 Å². The first-order valence-corrected chi connectivity index (χ1v) is 8.52. The average molecular weight is 368 g/mol. The first kappa shape index (κ1) is 17.3. The molecule has 3 nitrogen and oxygen atoms in total. The Labute approximate surface area is 149 Å². The lowest BCUT2D eigenvalue weighted by Gasteiger charge is -2.27. The maximum atomic E-state index is 14.0. The van der Waals surface area contributed by atoms with E-state index in [0.717, 1.165) is 5.56 Å². The van der Waals surface area contributed by atoms with Crippen molar-refractivity contribution in [2.24, 2.45) is 0 Å². The topological polar surface area (TPSA) is 50.2 Å². The van der Waals surface area contributed by atoms with Crippen LogP contribution in [-0.4, -0.2) is 15.9 Å². The number of ketones is 1. The van der Waals surface area contributed by atoms with Crippen molar-refractivity contribution in [3.63, 3.8) is 0 Å². The van der Waals surface area contributed by atoms with E-state index in [9.17, 15) is 14.3 Å². The number of nitrogens with zero attached hydrogens (tertiary/aromatic N) is 1. The molecule has 1 aliphatic rings. The van der Waals surface area contributed by atoms with E-state index in [4.69, 9.17) is 23.2 Å². The molecular weight excluding hydrogens is 352 g/mol. The Hall–Kier alpha value is -1.49. The van der Waals surface area contributed by atoms with Crippen LogP contribution in [0.15, 0.2) is 30.5 Å². The van der Waals surface area contributed by atoms with Gasteiger partial charge in [0.25, 0.3) is 0 Å². The highest BCUT2D eigenvalue weighted by molar-refractivity contribution is 6.35. The molecule has 0 aliphatic heterocycles. The van der Waals surface area contributed by atoms with Gasteiger partial charge in [-0.2, -0.15) is 0 Å². The van der Waals surface area contributed by atoms with Crippen molar-refractivity contribution in [2.75, 3.05) is 0 Å². The molecule has 1 heterocycles. The van der Waals surface area contributed by atoms with Crippen molar-refractivity contribution in [3.05, 3.63) is 63.1 Å². The number of hydrogen-bond donors (Lipinski definition) is 1. The Morgan fingerprint density at radius 1 is 1.33 bits per heavy atom. The molecule has 24 heavy (non-hydrogen) atoms. The highest BCUT2D eigenvalue weighted by atomic mass is 35.5. The van der Waals surface area contributed by atoms with Crippen LogP contribution in [0, 0.1) is 5.82 Å². The Kier molecular flexibility index (Phi) is 5.18. The summed E-state index contributed by atoms with van der Waals surface area (Å²) in [6, 6.07) is 6.25.